The molecule has 0 N–H and O–H groups in total. The average Bonchev–Trinajstić information content (AvgIpc) is 3.21. The molecular weight excluding hydrogens is 356 g/mol. The highest BCUT2D eigenvalue weighted by Gasteiger charge is 2.36. The fourth-order valence-electron chi connectivity index (χ4n) is 4.71. The molecule has 3 aliphatic rings. The minimum Gasteiger partial charge on any atom is -0.338 e. The van der Waals surface area contributed by atoms with Crippen molar-refractivity contribution in [1.29, 1.82) is 0 Å². The van der Waals surface area contributed by atoms with Crippen LogP contribution in [0.15, 0.2) is 41.2 Å². The zero-order valence-electron chi connectivity index (χ0n) is 15.5. The van der Waals surface area contributed by atoms with E-state index in [1.54, 1.807) is 12.1 Å². The Morgan fingerprint density at radius 3 is 2.81 bits per heavy atom. The highest BCUT2D eigenvalue weighted by molar-refractivity contribution is 7.13. The second-order valence-corrected chi connectivity index (χ2v) is 9.48. The van der Waals surface area contributed by atoms with E-state index in [-0.39, 0.29) is 17.4 Å². The van der Waals surface area contributed by atoms with Crippen molar-refractivity contribution in [3.63, 3.8) is 0 Å². The number of amides is 1. The van der Waals surface area contributed by atoms with E-state index in [1.807, 2.05) is 39.0 Å². The third kappa shape index (κ3) is 3.18. The van der Waals surface area contributed by atoms with Gasteiger partial charge in [-0.15, -0.1) is 11.3 Å². The molecule has 1 saturated carbocycles. The molecule has 0 aromatic carbocycles. The molecule has 2 bridgehead atoms. The fourth-order valence-corrected chi connectivity index (χ4v) is 5.87. The molecule has 2 aromatic heterocycles. The molecular formula is C22H24N2O2S. The first-order valence-corrected chi connectivity index (χ1v) is 10.7. The topological polar surface area (TPSA) is 42.3 Å². The Morgan fingerprint density at radius 2 is 2.00 bits per heavy atom. The lowest BCUT2D eigenvalue weighted by atomic mass is 9.83. The molecule has 4 unspecified atom stereocenters. The molecule has 27 heavy (non-hydrogen) atoms. The SMILES string of the molecule is CC1CC1c1ccc(C=CC(=O)N2CC3CC(C2)c2cccc(=O)n2C3)s1. The monoisotopic (exact) mass is 380 g/mol. The van der Waals surface area contributed by atoms with E-state index in [0.29, 0.717) is 12.5 Å². The van der Waals surface area contributed by atoms with Crippen LogP contribution in [0.4, 0.5) is 0 Å². The molecule has 140 valence electrons. The van der Waals surface area contributed by atoms with Crippen molar-refractivity contribution in [3.05, 3.63) is 62.2 Å². The lowest BCUT2D eigenvalue weighted by Gasteiger charge is -2.42. The van der Waals surface area contributed by atoms with Crippen LogP contribution in [-0.4, -0.2) is 28.5 Å². The number of hydrogen-bond acceptors (Lipinski definition) is 3. The first-order valence-electron chi connectivity index (χ1n) is 9.85. The Morgan fingerprint density at radius 1 is 1.15 bits per heavy atom. The van der Waals surface area contributed by atoms with Crippen LogP contribution in [0.25, 0.3) is 6.08 Å². The third-order valence-electron chi connectivity index (χ3n) is 6.30. The second-order valence-electron chi connectivity index (χ2n) is 8.33. The molecule has 4 nitrogen and oxygen atoms in total. The second kappa shape index (κ2) is 6.48. The molecule has 1 amide bonds. The summed E-state index contributed by atoms with van der Waals surface area (Å²) >= 11 is 1.81. The summed E-state index contributed by atoms with van der Waals surface area (Å²) < 4.78 is 1.91. The van der Waals surface area contributed by atoms with Gasteiger partial charge in [-0.2, -0.15) is 0 Å². The first-order chi connectivity index (χ1) is 13.1. The Labute approximate surface area is 163 Å². The summed E-state index contributed by atoms with van der Waals surface area (Å²) in [6, 6.07) is 9.85. The van der Waals surface area contributed by atoms with Gasteiger partial charge in [-0.05, 0) is 54.9 Å². The van der Waals surface area contributed by atoms with Gasteiger partial charge in [-0.3, -0.25) is 9.59 Å². The van der Waals surface area contributed by atoms with Crippen LogP contribution >= 0.6 is 11.3 Å². The third-order valence-corrected chi connectivity index (χ3v) is 7.49. The van der Waals surface area contributed by atoms with Gasteiger partial charge in [0.1, 0.15) is 0 Å². The number of rotatable bonds is 3. The van der Waals surface area contributed by atoms with Gasteiger partial charge in [0.15, 0.2) is 0 Å². The Hall–Kier alpha value is -2.14. The lowest BCUT2D eigenvalue weighted by molar-refractivity contribution is -0.128. The largest absolute Gasteiger partial charge is 0.338 e. The molecule has 2 aliphatic heterocycles. The summed E-state index contributed by atoms with van der Waals surface area (Å²) in [5.74, 6) is 2.28. The number of nitrogens with zero attached hydrogens (tertiary/aromatic N) is 2. The number of thiophene rings is 1. The van der Waals surface area contributed by atoms with Crippen molar-refractivity contribution in [2.45, 2.75) is 38.1 Å². The van der Waals surface area contributed by atoms with Gasteiger partial charge in [0, 0.05) is 53.1 Å². The molecule has 0 radical (unpaired) electrons. The van der Waals surface area contributed by atoms with Gasteiger partial charge >= 0.3 is 0 Å². The average molecular weight is 381 g/mol. The zero-order chi connectivity index (χ0) is 18.5. The van der Waals surface area contributed by atoms with Crippen LogP contribution < -0.4 is 5.56 Å². The van der Waals surface area contributed by atoms with Crippen molar-refractivity contribution in [3.8, 4) is 0 Å². The summed E-state index contributed by atoms with van der Waals surface area (Å²) in [4.78, 5) is 29.5. The summed E-state index contributed by atoms with van der Waals surface area (Å²) in [7, 11) is 0. The van der Waals surface area contributed by atoms with Crippen LogP contribution in [0.2, 0.25) is 0 Å². The van der Waals surface area contributed by atoms with Crippen LogP contribution in [0.5, 0.6) is 0 Å². The number of carbonyl (C=O) groups excluding carboxylic acids is 1. The number of pyridine rings is 1. The standard InChI is InChI=1S/C22H24N2O2S/c1-14-9-18(14)20-7-5-17(27-20)6-8-21(25)23-11-15-10-16(13-23)19-3-2-4-22(26)24(19)12-15/h2-8,14-16,18H,9-13H2,1H3. The van der Waals surface area contributed by atoms with Gasteiger partial charge in [0.25, 0.3) is 5.56 Å². The molecule has 2 fully saturated rings. The van der Waals surface area contributed by atoms with Crippen LogP contribution in [0.3, 0.4) is 0 Å². The van der Waals surface area contributed by atoms with Gasteiger partial charge < -0.3 is 9.47 Å². The fraction of sp³-hybridized carbons (Fsp3) is 0.455. The molecule has 2 aromatic rings. The maximum atomic E-state index is 12.8. The normalized spacial score (nSPS) is 29.0. The summed E-state index contributed by atoms with van der Waals surface area (Å²) in [6.07, 6.45) is 6.06. The minimum absolute atomic E-state index is 0.0837. The predicted molar refractivity (Wildman–Crippen MR) is 108 cm³/mol. The predicted octanol–water partition coefficient (Wildman–Crippen LogP) is 3.69. The Balaban J connectivity index is 1.29. The van der Waals surface area contributed by atoms with E-state index >= 15 is 0 Å². The van der Waals surface area contributed by atoms with E-state index in [2.05, 4.69) is 19.1 Å². The van der Waals surface area contributed by atoms with Gasteiger partial charge in [0.2, 0.25) is 5.91 Å². The number of likely N-dealkylation sites (tertiary alicyclic amines) is 1. The van der Waals surface area contributed by atoms with Crippen molar-refractivity contribution < 1.29 is 4.79 Å². The van der Waals surface area contributed by atoms with Crippen molar-refractivity contribution in [2.24, 2.45) is 11.8 Å². The Kier molecular flexibility index (Phi) is 4.08. The molecule has 5 rings (SSSR count). The minimum atomic E-state index is 0.0837. The highest BCUT2D eigenvalue weighted by Crippen LogP contribution is 2.49. The Bertz CT molecular complexity index is 973. The maximum Gasteiger partial charge on any atom is 0.250 e. The molecule has 4 atom stereocenters. The quantitative estimate of drug-likeness (QED) is 0.762. The summed E-state index contributed by atoms with van der Waals surface area (Å²) in [5.41, 5.74) is 1.17. The summed E-state index contributed by atoms with van der Waals surface area (Å²) in [6.45, 7) is 4.48. The lowest BCUT2D eigenvalue weighted by Crippen LogP contribution is -2.48. The highest BCUT2D eigenvalue weighted by atomic mass is 32.1. The zero-order valence-corrected chi connectivity index (χ0v) is 16.3. The van der Waals surface area contributed by atoms with E-state index in [9.17, 15) is 9.59 Å². The van der Waals surface area contributed by atoms with E-state index in [1.165, 1.54) is 11.3 Å². The van der Waals surface area contributed by atoms with Gasteiger partial charge in [-0.1, -0.05) is 13.0 Å². The van der Waals surface area contributed by atoms with Crippen molar-refractivity contribution >= 4 is 23.3 Å². The number of hydrogen-bond donors (Lipinski definition) is 0. The first kappa shape index (κ1) is 17.0. The molecule has 4 heterocycles. The number of piperidine rings is 1. The van der Waals surface area contributed by atoms with Crippen LogP contribution in [0.1, 0.15) is 47.0 Å². The summed E-state index contributed by atoms with van der Waals surface area (Å²) in [5, 5.41) is 0. The van der Waals surface area contributed by atoms with Crippen LogP contribution in [-0.2, 0) is 11.3 Å². The molecule has 5 heteroatoms. The number of aromatic nitrogens is 1. The van der Waals surface area contributed by atoms with E-state index in [0.717, 1.165) is 41.9 Å². The van der Waals surface area contributed by atoms with Crippen molar-refractivity contribution in [2.75, 3.05) is 13.1 Å². The van der Waals surface area contributed by atoms with Gasteiger partial charge in [-0.25, -0.2) is 0 Å². The molecule has 1 saturated heterocycles. The van der Waals surface area contributed by atoms with E-state index < -0.39 is 0 Å². The molecule has 1 aliphatic carbocycles. The smallest absolute Gasteiger partial charge is 0.250 e. The van der Waals surface area contributed by atoms with Gasteiger partial charge in [0.05, 0.1) is 0 Å². The maximum absolute atomic E-state index is 12.8. The van der Waals surface area contributed by atoms with E-state index in [4.69, 9.17) is 0 Å². The van der Waals surface area contributed by atoms with Crippen LogP contribution in [0, 0.1) is 11.8 Å². The van der Waals surface area contributed by atoms with Crippen molar-refractivity contribution in [1.82, 2.24) is 9.47 Å². The number of carbonyl (C=O) groups is 1. The number of fused-ring (bicyclic) bond motifs is 4. The molecule has 0 spiro atoms.